The molecule has 8 nitrogen and oxygen atoms in total. The number of benzene rings is 1. The highest BCUT2D eigenvalue weighted by molar-refractivity contribution is 6.15. The molecule has 0 bridgehead atoms. The third kappa shape index (κ3) is 4.01. The van der Waals surface area contributed by atoms with Crippen molar-refractivity contribution in [1.82, 2.24) is 0 Å². The Morgan fingerprint density at radius 3 is 1.88 bits per heavy atom. The largest absolute Gasteiger partial charge is 0.573 e. The lowest BCUT2D eigenvalue weighted by molar-refractivity contribution is -0.349. The van der Waals surface area contributed by atoms with Crippen LogP contribution >= 0.6 is 0 Å². The topological polar surface area (TPSA) is 105 Å². The van der Waals surface area contributed by atoms with Crippen LogP contribution in [0.25, 0.3) is 0 Å². The van der Waals surface area contributed by atoms with Gasteiger partial charge in [0.1, 0.15) is 5.75 Å². The van der Waals surface area contributed by atoms with Gasteiger partial charge in [0.2, 0.25) is 0 Å². The maximum atomic E-state index is 13.0. The lowest BCUT2D eigenvalue weighted by Gasteiger charge is -2.36. The van der Waals surface area contributed by atoms with Gasteiger partial charge in [-0.3, -0.25) is 14.3 Å². The zero-order valence-electron chi connectivity index (χ0n) is 15.4. The number of cyclic esters (lactones) is 4. The maximum absolute atomic E-state index is 13.0. The smallest absolute Gasteiger partial charge is 0.405 e. The molecule has 0 aromatic heterocycles. The van der Waals surface area contributed by atoms with Crippen molar-refractivity contribution in [3.8, 4) is 5.75 Å². The molecule has 1 aliphatic carbocycles. The van der Waals surface area contributed by atoms with Gasteiger partial charge in [0.15, 0.2) is 0 Å². The van der Waals surface area contributed by atoms with Crippen LogP contribution in [0.2, 0.25) is 0 Å². The molecule has 3 aliphatic rings. The average Bonchev–Trinajstić information content (AvgIpc) is 3.06. The number of rotatable bonds is 3. The number of carbonyl (C=O) groups is 4. The molecule has 1 saturated carbocycles. The highest BCUT2D eigenvalue weighted by Gasteiger charge is 2.54. The van der Waals surface area contributed by atoms with Crippen LogP contribution in [-0.2, 0) is 23.8 Å². The monoisotopic (exact) mass is 468 g/mol. The first-order valence-corrected chi connectivity index (χ1v) is 8.94. The Hall–Kier alpha value is -3.16. The summed E-state index contributed by atoms with van der Waals surface area (Å²) in [6.07, 6.45) is -13.7. The van der Waals surface area contributed by atoms with Gasteiger partial charge >= 0.3 is 36.6 Å². The summed E-state index contributed by atoms with van der Waals surface area (Å²) in [6.45, 7) is 0. The van der Waals surface area contributed by atoms with Crippen molar-refractivity contribution in [1.29, 1.82) is 0 Å². The lowest BCUT2D eigenvalue weighted by atomic mass is 9.70. The first-order valence-electron chi connectivity index (χ1n) is 8.94. The first kappa shape index (κ1) is 22.0. The van der Waals surface area contributed by atoms with Crippen LogP contribution in [0.5, 0.6) is 5.75 Å². The summed E-state index contributed by atoms with van der Waals surface area (Å²) in [4.78, 5) is 47.3. The summed E-state index contributed by atoms with van der Waals surface area (Å²) >= 11 is 0. The second kappa shape index (κ2) is 7.18. The summed E-state index contributed by atoms with van der Waals surface area (Å²) in [5.74, 6) is -9.75. The summed E-state index contributed by atoms with van der Waals surface area (Å²) in [7, 11) is 0. The molecule has 4 unspecified atom stereocenters. The molecular weight excluding hydrogens is 458 g/mol. The van der Waals surface area contributed by atoms with Gasteiger partial charge in [0.05, 0.1) is 29.1 Å². The zero-order chi connectivity index (χ0) is 23.6. The fourth-order valence-corrected chi connectivity index (χ4v) is 4.20. The minimum absolute atomic E-state index is 0.488. The van der Waals surface area contributed by atoms with E-state index in [2.05, 4.69) is 18.9 Å². The van der Waals surface area contributed by atoms with Crippen molar-refractivity contribution < 1.29 is 64.5 Å². The van der Waals surface area contributed by atoms with E-state index < -0.39 is 95.7 Å². The highest BCUT2D eigenvalue weighted by atomic mass is 19.4. The Morgan fingerprint density at radius 2 is 1.31 bits per heavy atom. The van der Waals surface area contributed by atoms with Gasteiger partial charge in [-0.25, -0.2) is 9.59 Å². The van der Waals surface area contributed by atoms with Gasteiger partial charge in [0.25, 0.3) is 0 Å². The van der Waals surface area contributed by atoms with Crippen LogP contribution in [0.4, 0.5) is 26.3 Å². The SMILES string of the molecule is O=C1OC(=O)c2cc(C3CC4C(=O)OC(=O)C4CC3OC(F)(F)F)c(OC(F)(F)F)cc21. The maximum Gasteiger partial charge on any atom is 0.573 e. The van der Waals surface area contributed by atoms with Crippen LogP contribution in [0.15, 0.2) is 12.1 Å². The number of alkyl halides is 6. The van der Waals surface area contributed by atoms with E-state index in [0.717, 1.165) is 6.07 Å². The van der Waals surface area contributed by atoms with E-state index in [0.29, 0.717) is 6.07 Å². The summed E-state index contributed by atoms with van der Waals surface area (Å²) < 4.78 is 94.7. The molecule has 4 atom stereocenters. The molecule has 4 rings (SSSR count). The fraction of sp³-hybridized carbons (Fsp3) is 0.444. The molecule has 32 heavy (non-hydrogen) atoms. The summed E-state index contributed by atoms with van der Waals surface area (Å²) in [5, 5.41) is 0. The molecule has 2 fully saturated rings. The summed E-state index contributed by atoms with van der Waals surface area (Å²) in [5.41, 5.74) is -1.64. The van der Waals surface area contributed by atoms with E-state index in [9.17, 15) is 45.5 Å². The molecule has 1 aromatic rings. The van der Waals surface area contributed by atoms with Gasteiger partial charge in [-0.15, -0.1) is 26.3 Å². The van der Waals surface area contributed by atoms with E-state index in [4.69, 9.17) is 0 Å². The van der Waals surface area contributed by atoms with Crippen LogP contribution in [0.1, 0.15) is 45.0 Å². The number of halogens is 6. The number of esters is 4. The molecular formula is C18H10F6O8. The molecule has 0 N–H and O–H groups in total. The Balaban J connectivity index is 1.83. The average molecular weight is 468 g/mol. The number of hydrogen-bond acceptors (Lipinski definition) is 8. The van der Waals surface area contributed by atoms with E-state index in [-0.39, 0.29) is 0 Å². The Bertz CT molecular complexity index is 1030. The molecule has 172 valence electrons. The van der Waals surface area contributed by atoms with Gasteiger partial charge in [-0.1, -0.05) is 0 Å². The third-order valence-corrected chi connectivity index (χ3v) is 5.42. The fourth-order valence-electron chi connectivity index (χ4n) is 4.20. The lowest BCUT2D eigenvalue weighted by Crippen LogP contribution is -2.40. The van der Waals surface area contributed by atoms with Crippen LogP contribution in [0, 0.1) is 11.8 Å². The van der Waals surface area contributed by atoms with Gasteiger partial charge in [-0.2, -0.15) is 0 Å². The van der Waals surface area contributed by atoms with Crippen molar-refractivity contribution in [2.75, 3.05) is 0 Å². The normalized spacial score (nSPS) is 27.7. The van der Waals surface area contributed by atoms with Crippen molar-refractivity contribution in [2.45, 2.75) is 37.6 Å². The Kier molecular flexibility index (Phi) is 4.95. The molecule has 1 saturated heterocycles. The molecule has 14 heteroatoms. The van der Waals surface area contributed by atoms with Crippen LogP contribution < -0.4 is 4.74 Å². The molecule has 2 aliphatic heterocycles. The quantitative estimate of drug-likeness (QED) is 0.379. The number of ether oxygens (including phenoxy) is 4. The summed E-state index contributed by atoms with van der Waals surface area (Å²) in [6, 6.07) is 1.27. The third-order valence-electron chi connectivity index (χ3n) is 5.42. The second-order valence-corrected chi connectivity index (χ2v) is 7.29. The molecule has 2 heterocycles. The molecule has 0 radical (unpaired) electrons. The van der Waals surface area contributed by atoms with E-state index >= 15 is 0 Å². The van der Waals surface area contributed by atoms with Gasteiger partial charge in [-0.05, 0) is 25.0 Å². The Morgan fingerprint density at radius 1 is 0.750 bits per heavy atom. The van der Waals surface area contributed by atoms with E-state index in [1.54, 1.807) is 0 Å². The minimum atomic E-state index is -5.31. The predicted octanol–water partition coefficient (Wildman–Crippen LogP) is 2.99. The number of fused-ring (bicyclic) bond motifs is 2. The second-order valence-electron chi connectivity index (χ2n) is 7.29. The molecule has 1 aromatic carbocycles. The highest BCUT2D eigenvalue weighted by Crippen LogP contribution is 2.49. The molecule has 0 amide bonds. The Labute approximate surface area is 173 Å². The zero-order valence-corrected chi connectivity index (χ0v) is 15.4. The van der Waals surface area contributed by atoms with Crippen LogP contribution in [-0.4, -0.2) is 42.7 Å². The predicted molar refractivity (Wildman–Crippen MR) is 83.9 cm³/mol. The number of carbonyl (C=O) groups excluding carboxylic acids is 4. The van der Waals surface area contributed by atoms with Gasteiger partial charge in [0, 0.05) is 11.5 Å². The van der Waals surface area contributed by atoms with Crippen molar-refractivity contribution >= 4 is 23.9 Å². The van der Waals surface area contributed by atoms with Crippen molar-refractivity contribution in [3.63, 3.8) is 0 Å². The molecule has 0 spiro atoms. The van der Waals surface area contributed by atoms with E-state index in [1.165, 1.54) is 0 Å². The minimum Gasteiger partial charge on any atom is -0.405 e. The van der Waals surface area contributed by atoms with Crippen LogP contribution in [0.3, 0.4) is 0 Å². The first-order chi connectivity index (χ1) is 14.7. The number of hydrogen-bond donors (Lipinski definition) is 0. The van der Waals surface area contributed by atoms with Crippen molar-refractivity contribution in [2.24, 2.45) is 11.8 Å². The standard InChI is InChI=1S/C18H10F6O8/c19-17(20,21)31-11-3-9-7(13(25)29-15(9)27)1-5(11)6-2-8-10(16(28)30-14(8)26)4-12(6)32-18(22,23)24/h1,3,6,8,10,12H,2,4H2. The van der Waals surface area contributed by atoms with E-state index in [1.807, 2.05) is 0 Å². The van der Waals surface area contributed by atoms with Crippen molar-refractivity contribution in [3.05, 3.63) is 28.8 Å². The van der Waals surface area contributed by atoms with Gasteiger partial charge < -0.3 is 14.2 Å².